The summed E-state index contributed by atoms with van der Waals surface area (Å²) in [5, 5.41) is 20.5. The van der Waals surface area contributed by atoms with E-state index in [9.17, 15) is 5.11 Å². The van der Waals surface area contributed by atoms with Gasteiger partial charge in [0.2, 0.25) is 0 Å². The number of benzene rings is 5. The van der Waals surface area contributed by atoms with E-state index in [0.717, 1.165) is 5.39 Å². The molecule has 0 spiro atoms. The van der Waals surface area contributed by atoms with E-state index in [1.54, 1.807) is 0 Å². The van der Waals surface area contributed by atoms with Crippen LogP contribution in [0.2, 0.25) is 0 Å². The van der Waals surface area contributed by atoms with Crippen molar-refractivity contribution in [2.45, 2.75) is 39.5 Å². The Hall–Kier alpha value is -3.06. The Morgan fingerprint density at radius 2 is 1.21 bits per heavy atom. The molecule has 5 aromatic carbocycles. The topological polar surface area (TPSA) is 20.2 Å². The van der Waals surface area contributed by atoms with Crippen molar-refractivity contribution in [2.24, 2.45) is 0 Å². The molecule has 0 fully saturated rings. The fraction of sp³-hybridized carbons (Fsp3) is 0.214. The summed E-state index contributed by atoms with van der Waals surface area (Å²) in [5.74, 6) is 1.11. The molecule has 0 saturated heterocycles. The van der Waals surface area contributed by atoms with Gasteiger partial charge < -0.3 is 5.11 Å². The fourth-order valence-electron chi connectivity index (χ4n) is 4.83. The lowest BCUT2D eigenvalue weighted by atomic mass is 9.85. The van der Waals surface area contributed by atoms with Gasteiger partial charge in [0.15, 0.2) is 0 Å². The van der Waals surface area contributed by atoms with E-state index in [4.69, 9.17) is 0 Å². The molecule has 1 nitrogen and oxygen atoms in total. The van der Waals surface area contributed by atoms with Crippen LogP contribution in [0.3, 0.4) is 0 Å². The van der Waals surface area contributed by atoms with Crippen LogP contribution >= 0.6 is 0 Å². The monoisotopic (exact) mass is 378 g/mol. The molecule has 0 atom stereocenters. The zero-order valence-corrected chi connectivity index (χ0v) is 17.5. The second-order valence-corrected chi connectivity index (χ2v) is 8.78. The van der Waals surface area contributed by atoms with Crippen molar-refractivity contribution in [1.82, 2.24) is 0 Å². The van der Waals surface area contributed by atoms with Crippen molar-refractivity contribution in [3.05, 3.63) is 77.9 Å². The maximum absolute atomic E-state index is 10.5. The first kappa shape index (κ1) is 18.0. The second kappa shape index (κ2) is 6.49. The summed E-state index contributed by atoms with van der Waals surface area (Å²) in [6.45, 7) is 8.94. The molecule has 0 aliphatic carbocycles. The van der Waals surface area contributed by atoms with Gasteiger partial charge in [0.25, 0.3) is 0 Å². The summed E-state index contributed by atoms with van der Waals surface area (Å²) in [4.78, 5) is 0. The van der Waals surface area contributed by atoms with Crippen LogP contribution in [-0.2, 0) is 0 Å². The van der Waals surface area contributed by atoms with E-state index in [0.29, 0.717) is 17.6 Å². The maximum atomic E-state index is 10.5. The fourth-order valence-corrected chi connectivity index (χ4v) is 4.83. The summed E-state index contributed by atoms with van der Waals surface area (Å²) in [6, 6.07) is 23.8. The van der Waals surface area contributed by atoms with Crippen LogP contribution in [0.4, 0.5) is 0 Å². The van der Waals surface area contributed by atoms with Crippen LogP contribution < -0.4 is 0 Å². The van der Waals surface area contributed by atoms with Gasteiger partial charge in [-0.25, -0.2) is 0 Å². The molecule has 0 aliphatic heterocycles. The lowest BCUT2D eigenvalue weighted by Crippen LogP contribution is -1.96. The lowest BCUT2D eigenvalue weighted by molar-refractivity contribution is 0.475. The molecule has 0 aliphatic rings. The number of phenolic OH excluding ortho intramolecular Hbond substituents is 1. The van der Waals surface area contributed by atoms with Gasteiger partial charge in [0, 0.05) is 0 Å². The molecule has 0 aromatic heterocycles. The molecular weight excluding hydrogens is 352 g/mol. The van der Waals surface area contributed by atoms with Crippen molar-refractivity contribution in [2.75, 3.05) is 0 Å². The van der Waals surface area contributed by atoms with Gasteiger partial charge in [-0.1, -0.05) is 76.2 Å². The number of rotatable bonds is 2. The molecule has 0 saturated carbocycles. The summed E-state index contributed by atoms with van der Waals surface area (Å²) in [6.07, 6.45) is 0. The summed E-state index contributed by atoms with van der Waals surface area (Å²) < 4.78 is 0. The van der Waals surface area contributed by atoms with E-state index in [2.05, 4.69) is 82.3 Å². The normalized spacial score (nSPS) is 12.2. The van der Waals surface area contributed by atoms with Gasteiger partial charge in [0.1, 0.15) is 5.75 Å². The highest BCUT2D eigenvalue weighted by Gasteiger charge is 2.17. The number of phenols is 1. The van der Waals surface area contributed by atoms with Gasteiger partial charge in [-0.05, 0) is 84.3 Å². The Morgan fingerprint density at radius 3 is 1.97 bits per heavy atom. The molecular formula is C28H26O. The first-order valence-corrected chi connectivity index (χ1v) is 10.5. The molecule has 1 N–H and O–H groups in total. The van der Waals surface area contributed by atoms with Crippen LogP contribution in [0, 0.1) is 0 Å². The third kappa shape index (κ3) is 2.68. The Balaban J connectivity index is 2.05. The molecule has 0 unspecified atom stereocenters. The Labute approximate surface area is 171 Å². The van der Waals surface area contributed by atoms with Crippen LogP contribution in [0.25, 0.3) is 43.1 Å². The molecule has 5 aromatic rings. The quantitative estimate of drug-likeness (QED) is 0.307. The van der Waals surface area contributed by atoms with E-state index < -0.39 is 0 Å². The van der Waals surface area contributed by atoms with Crippen molar-refractivity contribution >= 4 is 43.1 Å². The Morgan fingerprint density at radius 1 is 0.552 bits per heavy atom. The van der Waals surface area contributed by atoms with Crippen LogP contribution in [0.5, 0.6) is 5.75 Å². The smallest absolute Gasteiger partial charge is 0.116 e. The van der Waals surface area contributed by atoms with Crippen LogP contribution in [0.15, 0.2) is 66.7 Å². The number of aromatic hydroxyl groups is 1. The van der Waals surface area contributed by atoms with Crippen molar-refractivity contribution in [3.8, 4) is 5.75 Å². The molecule has 0 heterocycles. The SMILES string of the molecule is CC(C)c1cc(O)cc2c1cc(C(C)C)c1c2ccc2c3ccccc3ccc21. The minimum atomic E-state index is 0.346. The van der Waals surface area contributed by atoms with Crippen molar-refractivity contribution in [1.29, 1.82) is 0 Å². The van der Waals surface area contributed by atoms with Gasteiger partial charge in [-0.3, -0.25) is 0 Å². The number of hydrogen-bond acceptors (Lipinski definition) is 1. The second-order valence-electron chi connectivity index (χ2n) is 8.78. The first-order chi connectivity index (χ1) is 14.0. The minimum absolute atomic E-state index is 0.346. The summed E-state index contributed by atoms with van der Waals surface area (Å²) in [5.41, 5.74) is 2.59. The van der Waals surface area contributed by atoms with Crippen LogP contribution in [-0.4, -0.2) is 5.11 Å². The van der Waals surface area contributed by atoms with Crippen molar-refractivity contribution < 1.29 is 5.11 Å². The number of hydrogen-bond donors (Lipinski definition) is 1. The average Bonchev–Trinajstić information content (AvgIpc) is 2.71. The molecule has 5 rings (SSSR count). The standard InChI is InChI=1S/C28H26O/c1-16(2)24-13-19(29)14-26-23-12-11-21-20-8-6-5-7-18(20)9-10-22(21)28(23)25(17(3)4)15-27(24)26/h5-17,29H,1-4H3. The maximum Gasteiger partial charge on any atom is 0.116 e. The predicted octanol–water partition coefficient (Wildman–Crippen LogP) is 8.25. The lowest BCUT2D eigenvalue weighted by Gasteiger charge is -2.19. The van der Waals surface area contributed by atoms with E-state index >= 15 is 0 Å². The van der Waals surface area contributed by atoms with Gasteiger partial charge in [-0.15, -0.1) is 0 Å². The molecule has 1 heteroatoms. The zero-order valence-electron chi connectivity index (χ0n) is 17.5. The minimum Gasteiger partial charge on any atom is -0.508 e. The molecule has 0 bridgehead atoms. The van der Waals surface area contributed by atoms with Gasteiger partial charge in [-0.2, -0.15) is 0 Å². The Bertz CT molecular complexity index is 1410. The summed E-state index contributed by atoms with van der Waals surface area (Å²) in [7, 11) is 0. The average molecular weight is 379 g/mol. The van der Waals surface area contributed by atoms with E-state index in [1.807, 2.05) is 12.1 Å². The Kier molecular flexibility index (Phi) is 4.03. The highest BCUT2D eigenvalue weighted by Crippen LogP contribution is 2.42. The van der Waals surface area contributed by atoms with Gasteiger partial charge in [0.05, 0.1) is 0 Å². The first-order valence-electron chi connectivity index (χ1n) is 10.5. The molecule has 29 heavy (non-hydrogen) atoms. The molecule has 144 valence electrons. The van der Waals surface area contributed by atoms with Crippen LogP contribution in [0.1, 0.15) is 50.7 Å². The highest BCUT2D eigenvalue weighted by atomic mass is 16.3. The van der Waals surface area contributed by atoms with E-state index in [1.165, 1.54) is 48.8 Å². The van der Waals surface area contributed by atoms with Gasteiger partial charge >= 0.3 is 0 Å². The highest BCUT2D eigenvalue weighted by molar-refractivity contribution is 6.23. The summed E-state index contributed by atoms with van der Waals surface area (Å²) >= 11 is 0. The van der Waals surface area contributed by atoms with E-state index in [-0.39, 0.29) is 0 Å². The third-order valence-corrected chi connectivity index (χ3v) is 6.25. The molecule has 0 radical (unpaired) electrons. The largest absolute Gasteiger partial charge is 0.508 e. The molecule has 0 amide bonds. The third-order valence-electron chi connectivity index (χ3n) is 6.25. The van der Waals surface area contributed by atoms with Crippen molar-refractivity contribution in [3.63, 3.8) is 0 Å². The predicted molar refractivity (Wildman–Crippen MR) is 126 cm³/mol. The number of fused-ring (bicyclic) bond motifs is 7. The zero-order chi connectivity index (χ0) is 20.3.